The number of aromatic nitrogens is 2. The average molecular weight is 426 g/mol. The summed E-state index contributed by atoms with van der Waals surface area (Å²) in [6.45, 7) is 0. The van der Waals surface area contributed by atoms with Crippen LogP contribution in [0.3, 0.4) is 0 Å². The topological polar surface area (TPSA) is 79.0 Å². The van der Waals surface area contributed by atoms with Crippen molar-refractivity contribution < 1.29 is 22.7 Å². The summed E-state index contributed by atoms with van der Waals surface area (Å²) in [6.07, 6.45) is -1.06. The molecular weight excluding hydrogens is 409 g/mol. The van der Waals surface area contributed by atoms with Crippen LogP contribution in [-0.2, 0) is 6.18 Å². The summed E-state index contributed by atoms with van der Waals surface area (Å²) in [4.78, 5) is 19.7. The number of anilines is 2. The van der Waals surface area contributed by atoms with Crippen LogP contribution >= 0.6 is 0 Å². The molecule has 6 nitrogen and oxygen atoms in total. The Morgan fingerprint density at radius 3 is 2.58 bits per heavy atom. The van der Waals surface area contributed by atoms with Crippen molar-refractivity contribution in [3.63, 3.8) is 0 Å². The van der Waals surface area contributed by atoms with Gasteiger partial charge in [-0.1, -0.05) is 18.2 Å². The molecule has 4 rings (SSSR count). The first-order valence-corrected chi connectivity index (χ1v) is 9.21. The summed E-state index contributed by atoms with van der Waals surface area (Å²) >= 11 is 0. The van der Waals surface area contributed by atoms with Crippen molar-refractivity contribution in [2.45, 2.75) is 6.18 Å². The van der Waals surface area contributed by atoms with Crippen molar-refractivity contribution in [3.8, 4) is 16.9 Å². The zero-order valence-corrected chi connectivity index (χ0v) is 16.2. The van der Waals surface area contributed by atoms with Gasteiger partial charge in [-0.05, 0) is 36.4 Å². The minimum absolute atomic E-state index is 0.103. The molecular formula is C22H17F3N4O2. The van der Waals surface area contributed by atoms with Gasteiger partial charge >= 0.3 is 12.2 Å². The molecule has 0 aliphatic rings. The van der Waals surface area contributed by atoms with Crippen molar-refractivity contribution >= 4 is 28.4 Å². The maximum Gasteiger partial charge on any atom is 0.416 e. The lowest BCUT2D eigenvalue weighted by molar-refractivity contribution is -0.137. The minimum Gasteiger partial charge on any atom is -0.495 e. The standard InChI is InChI=1S/C22H17F3N4O2/c1-31-19-8-7-14(22(23,24)25)10-18(19)28-21(30)29-20-9-6-13(11-27-20)16-12-26-17-5-3-2-4-15(16)17/h2-12,26H,1H3,(H2,27,28,29,30). The summed E-state index contributed by atoms with van der Waals surface area (Å²) in [7, 11) is 1.30. The van der Waals surface area contributed by atoms with E-state index in [1.54, 1.807) is 18.3 Å². The van der Waals surface area contributed by atoms with Crippen LogP contribution in [0.15, 0.2) is 67.0 Å². The SMILES string of the molecule is COc1ccc(C(F)(F)F)cc1NC(=O)Nc1ccc(-c2c[nH]c3ccccc23)cn1. The Hall–Kier alpha value is -4.01. The largest absolute Gasteiger partial charge is 0.495 e. The van der Waals surface area contributed by atoms with Crippen LogP contribution in [0.25, 0.3) is 22.0 Å². The number of carbonyl (C=O) groups excluding carboxylic acids is 1. The van der Waals surface area contributed by atoms with Crippen molar-refractivity contribution in [1.29, 1.82) is 0 Å². The van der Waals surface area contributed by atoms with Gasteiger partial charge in [-0.3, -0.25) is 5.32 Å². The number of hydrogen-bond donors (Lipinski definition) is 3. The lowest BCUT2D eigenvalue weighted by atomic mass is 10.1. The van der Waals surface area contributed by atoms with Crippen LogP contribution in [0.4, 0.5) is 29.5 Å². The Labute approximate surface area is 175 Å². The second-order valence-corrected chi connectivity index (χ2v) is 6.67. The Kier molecular flexibility index (Phi) is 5.24. The van der Waals surface area contributed by atoms with Gasteiger partial charge in [-0.15, -0.1) is 0 Å². The maximum atomic E-state index is 13.0. The maximum absolute atomic E-state index is 13.0. The lowest BCUT2D eigenvalue weighted by Crippen LogP contribution is -2.21. The number of fused-ring (bicyclic) bond motifs is 1. The van der Waals surface area contributed by atoms with E-state index in [1.165, 1.54) is 7.11 Å². The molecule has 0 atom stereocenters. The molecule has 0 bridgehead atoms. The first-order chi connectivity index (χ1) is 14.8. The Balaban J connectivity index is 1.49. The van der Waals surface area contributed by atoms with Gasteiger partial charge in [0.25, 0.3) is 0 Å². The van der Waals surface area contributed by atoms with Crippen molar-refractivity contribution in [2.24, 2.45) is 0 Å². The molecule has 9 heteroatoms. The highest BCUT2D eigenvalue weighted by Gasteiger charge is 2.31. The van der Waals surface area contributed by atoms with Crippen LogP contribution in [0, 0.1) is 0 Å². The summed E-state index contributed by atoms with van der Waals surface area (Å²) in [5.41, 5.74) is 1.81. The molecule has 158 valence electrons. The molecule has 31 heavy (non-hydrogen) atoms. The fourth-order valence-electron chi connectivity index (χ4n) is 3.19. The quantitative estimate of drug-likeness (QED) is 0.380. The predicted octanol–water partition coefficient (Wildman–Crippen LogP) is 5.90. The number of alkyl halides is 3. The Morgan fingerprint density at radius 2 is 1.87 bits per heavy atom. The van der Waals surface area contributed by atoms with Gasteiger partial charge in [-0.2, -0.15) is 13.2 Å². The number of hydrogen-bond acceptors (Lipinski definition) is 3. The van der Waals surface area contributed by atoms with E-state index in [-0.39, 0.29) is 17.3 Å². The number of para-hydroxylation sites is 1. The number of nitrogens with one attached hydrogen (secondary N) is 3. The molecule has 2 aromatic heterocycles. The number of urea groups is 1. The number of pyridine rings is 1. The first-order valence-electron chi connectivity index (χ1n) is 9.21. The zero-order valence-electron chi connectivity index (χ0n) is 16.2. The number of amides is 2. The molecule has 2 heterocycles. The molecule has 0 aliphatic carbocycles. The van der Waals surface area contributed by atoms with Crippen molar-refractivity contribution in [3.05, 3.63) is 72.6 Å². The van der Waals surface area contributed by atoms with Gasteiger partial charge < -0.3 is 15.0 Å². The molecule has 0 spiro atoms. The number of H-pyrrole nitrogens is 1. The van der Waals surface area contributed by atoms with E-state index in [0.29, 0.717) is 0 Å². The highest BCUT2D eigenvalue weighted by molar-refractivity contribution is 6.00. The first kappa shape index (κ1) is 20.3. The van der Waals surface area contributed by atoms with Gasteiger partial charge in [0.1, 0.15) is 11.6 Å². The molecule has 0 saturated carbocycles. The van der Waals surface area contributed by atoms with E-state index in [4.69, 9.17) is 4.74 Å². The Bertz CT molecular complexity index is 1230. The van der Waals surface area contributed by atoms with E-state index in [0.717, 1.165) is 40.2 Å². The zero-order chi connectivity index (χ0) is 22.0. The fourth-order valence-corrected chi connectivity index (χ4v) is 3.19. The number of carbonyl (C=O) groups is 1. The molecule has 0 unspecified atom stereocenters. The third kappa shape index (κ3) is 4.30. The van der Waals surface area contributed by atoms with E-state index in [2.05, 4.69) is 20.6 Å². The summed E-state index contributed by atoms with van der Waals surface area (Å²) in [6, 6.07) is 13.3. The highest BCUT2D eigenvalue weighted by atomic mass is 19.4. The predicted molar refractivity (Wildman–Crippen MR) is 112 cm³/mol. The second-order valence-electron chi connectivity index (χ2n) is 6.67. The van der Waals surface area contributed by atoms with Gasteiger partial charge in [0.2, 0.25) is 0 Å². The van der Waals surface area contributed by atoms with Crippen LogP contribution in [0.1, 0.15) is 5.56 Å². The normalized spacial score (nSPS) is 11.4. The summed E-state index contributed by atoms with van der Waals surface area (Å²) in [5, 5.41) is 5.91. The molecule has 2 aromatic carbocycles. The number of aromatic amines is 1. The van der Waals surface area contributed by atoms with Crippen molar-refractivity contribution in [2.75, 3.05) is 17.7 Å². The number of ether oxygens (including phenoxy) is 1. The highest BCUT2D eigenvalue weighted by Crippen LogP contribution is 2.35. The molecule has 3 N–H and O–H groups in total. The third-order valence-electron chi connectivity index (χ3n) is 4.68. The van der Waals surface area contributed by atoms with E-state index < -0.39 is 17.8 Å². The molecule has 0 aliphatic heterocycles. The number of rotatable bonds is 4. The van der Waals surface area contributed by atoms with Crippen LogP contribution in [0.5, 0.6) is 5.75 Å². The number of methoxy groups -OCH3 is 1. The second kappa shape index (κ2) is 8.02. The molecule has 2 amide bonds. The van der Waals surface area contributed by atoms with E-state index in [9.17, 15) is 18.0 Å². The monoisotopic (exact) mass is 426 g/mol. The number of benzene rings is 2. The molecule has 0 fully saturated rings. The van der Waals surface area contributed by atoms with Gasteiger partial charge in [-0.25, -0.2) is 9.78 Å². The average Bonchev–Trinajstić information content (AvgIpc) is 3.18. The minimum atomic E-state index is -4.54. The molecule has 4 aromatic rings. The van der Waals surface area contributed by atoms with Gasteiger partial charge in [0.05, 0.1) is 18.4 Å². The molecule has 0 saturated heterocycles. The smallest absolute Gasteiger partial charge is 0.416 e. The van der Waals surface area contributed by atoms with Crippen LogP contribution < -0.4 is 15.4 Å². The lowest BCUT2D eigenvalue weighted by Gasteiger charge is -2.14. The summed E-state index contributed by atoms with van der Waals surface area (Å²) in [5.74, 6) is 0.345. The van der Waals surface area contributed by atoms with Crippen LogP contribution in [-0.4, -0.2) is 23.1 Å². The van der Waals surface area contributed by atoms with Crippen molar-refractivity contribution in [1.82, 2.24) is 9.97 Å². The fraction of sp³-hybridized carbons (Fsp3) is 0.0909. The van der Waals surface area contributed by atoms with E-state index in [1.807, 2.05) is 30.5 Å². The number of nitrogens with zero attached hydrogens (tertiary/aromatic N) is 1. The third-order valence-corrected chi connectivity index (χ3v) is 4.68. The van der Waals surface area contributed by atoms with Gasteiger partial charge in [0.15, 0.2) is 0 Å². The Morgan fingerprint density at radius 1 is 1.06 bits per heavy atom. The number of halogens is 3. The summed E-state index contributed by atoms with van der Waals surface area (Å²) < 4.78 is 43.9. The van der Waals surface area contributed by atoms with E-state index >= 15 is 0 Å². The van der Waals surface area contributed by atoms with Crippen LogP contribution in [0.2, 0.25) is 0 Å². The van der Waals surface area contributed by atoms with Gasteiger partial charge in [0, 0.05) is 34.4 Å². The molecule has 0 radical (unpaired) electrons.